The molecule has 0 bridgehead atoms. The molecule has 0 aliphatic heterocycles. The fraction of sp³-hybridized carbons (Fsp3) is 0.333. The van der Waals surface area contributed by atoms with Crippen LogP contribution in [-0.4, -0.2) is 11.8 Å². The molecule has 0 fully saturated rings. The average Bonchev–Trinajstić information content (AvgIpc) is 1.96. The molecule has 0 aromatic carbocycles. The predicted molar refractivity (Wildman–Crippen MR) is 28.3 cm³/mol. The summed E-state index contributed by atoms with van der Waals surface area (Å²) in [5.41, 5.74) is 0. The molecule has 0 aromatic rings. The van der Waals surface area contributed by atoms with E-state index >= 15 is 0 Å². The molecule has 1 aliphatic carbocycles. The Labute approximate surface area is 63.2 Å². The highest BCUT2D eigenvalue weighted by Crippen LogP contribution is 2.45. The van der Waals surface area contributed by atoms with E-state index in [1.54, 1.807) is 0 Å². The molecular formula is C6H2F6. The lowest BCUT2D eigenvalue weighted by atomic mass is 10.0. The first-order valence-corrected chi connectivity index (χ1v) is 2.79. The minimum atomic E-state index is -5.08. The van der Waals surface area contributed by atoms with E-state index in [0.29, 0.717) is 0 Å². The molecule has 0 heterocycles. The van der Waals surface area contributed by atoms with Gasteiger partial charge in [0.15, 0.2) is 5.83 Å². The summed E-state index contributed by atoms with van der Waals surface area (Å²) < 4.78 is 72.7. The first kappa shape index (κ1) is 9.15. The molecule has 0 saturated carbocycles. The molecule has 0 nitrogen and oxygen atoms in total. The third-order valence-corrected chi connectivity index (χ3v) is 1.34. The van der Waals surface area contributed by atoms with Crippen molar-refractivity contribution in [1.29, 1.82) is 0 Å². The van der Waals surface area contributed by atoms with Crippen LogP contribution < -0.4 is 0 Å². The van der Waals surface area contributed by atoms with E-state index < -0.39 is 23.5 Å². The van der Waals surface area contributed by atoms with Gasteiger partial charge in [-0.05, 0) is 12.2 Å². The number of hydrogen-bond acceptors (Lipinski definition) is 0. The molecule has 0 spiro atoms. The average molecular weight is 188 g/mol. The van der Waals surface area contributed by atoms with Crippen molar-refractivity contribution in [2.45, 2.75) is 11.8 Å². The van der Waals surface area contributed by atoms with Crippen LogP contribution in [-0.2, 0) is 0 Å². The zero-order valence-electron chi connectivity index (χ0n) is 5.42. The third-order valence-electron chi connectivity index (χ3n) is 1.34. The number of alkyl halides is 4. The van der Waals surface area contributed by atoms with E-state index in [0.717, 1.165) is 0 Å². The van der Waals surface area contributed by atoms with Crippen LogP contribution in [0.2, 0.25) is 0 Å². The van der Waals surface area contributed by atoms with Crippen LogP contribution in [0.3, 0.4) is 0 Å². The van der Waals surface area contributed by atoms with Crippen LogP contribution in [0.25, 0.3) is 0 Å². The van der Waals surface area contributed by atoms with Gasteiger partial charge in [0, 0.05) is 0 Å². The highest BCUT2D eigenvalue weighted by molar-refractivity contribution is 5.31. The maximum absolute atomic E-state index is 12.2. The van der Waals surface area contributed by atoms with Crippen molar-refractivity contribution < 1.29 is 26.3 Å². The van der Waals surface area contributed by atoms with Gasteiger partial charge in [0.25, 0.3) is 0 Å². The SMILES string of the molecule is FC1=C(F)C(F)(F)C(F)(F)C=C1. The van der Waals surface area contributed by atoms with Crippen molar-refractivity contribution in [3.63, 3.8) is 0 Å². The molecule has 0 atom stereocenters. The first-order valence-electron chi connectivity index (χ1n) is 2.79. The maximum atomic E-state index is 12.2. The molecule has 0 radical (unpaired) electrons. The molecule has 6 heteroatoms. The van der Waals surface area contributed by atoms with Gasteiger partial charge < -0.3 is 0 Å². The Balaban J connectivity index is 3.21. The van der Waals surface area contributed by atoms with E-state index in [1.165, 1.54) is 0 Å². The Bertz CT molecular complexity index is 261. The van der Waals surface area contributed by atoms with Crippen molar-refractivity contribution in [3.05, 3.63) is 23.8 Å². The minimum absolute atomic E-state index is 0.0211. The number of allylic oxidation sites excluding steroid dienone is 4. The van der Waals surface area contributed by atoms with E-state index in [4.69, 9.17) is 0 Å². The lowest BCUT2D eigenvalue weighted by molar-refractivity contribution is -0.167. The van der Waals surface area contributed by atoms with Crippen molar-refractivity contribution >= 4 is 0 Å². The Morgan fingerprint density at radius 2 is 1.50 bits per heavy atom. The molecule has 0 N–H and O–H groups in total. The summed E-state index contributed by atoms with van der Waals surface area (Å²) in [5.74, 6) is -14.4. The van der Waals surface area contributed by atoms with Gasteiger partial charge in [0.05, 0.1) is 0 Å². The summed E-state index contributed by atoms with van der Waals surface area (Å²) >= 11 is 0. The van der Waals surface area contributed by atoms with Gasteiger partial charge in [-0.15, -0.1) is 0 Å². The second kappa shape index (κ2) is 2.27. The summed E-state index contributed by atoms with van der Waals surface area (Å²) in [7, 11) is 0. The predicted octanol–water partition coefficient (Wildman–Crippen LogP) is 2.98. The van der Waals surface area contributed by atoms with Gasteiger partial charge in [-0.2, -0.15) is 17.6 Å². The summed E-state index contributed by atoms with van der Waals surface area (Å²) in [6, 6.07) is 0. The highest BCUT2D eigenvalue weighted by atomic mass is 19.3. The number of rotatable bonds is 0. The molecule has 1 aliphatic rings. The van der Waals surface area contributed by atoms with Crippen LogP contribution in [0.5, 0.6) is 0 Å². The van der Waals surface area contributed by atoms with Gasteiger partial charge in [-0.3, -0.25) is 0 Å². The molecule has 1 rings (SSSR count). The molecular weight excluding hydrogens is 186 g/mol. The van der Waals surface area contributed by atoms with Gasteiger partial charge in [-0.1, -0.05) is 0 Å². The summed E-state index contributed by atoms with van der Waals surface area (Å²) in [4.78, 5) is 0. The molecule has 0 unspecified atom stereocenters. The molecule has 0 amide bonds. The van der Waals surface area contributed by atoms with Crippen LogP contribution in [0, 0.1) is 0 Å². The van der Waals surface area contributed by atoms with E-state index in [2.05, 4.69) is 0 Å². The van der Waals surface area contributed by atoms with E-state index in [1.807, 2.05) is 0 Å². The lowest BCUT2D eigenvalue weighted by Crippen LogP contribution is -2.41. The quantitative estimate of drug-likeness (QED) is 0.512. The third kappa shape index (κ3) is 1.02. The largest absolute Gasteiger partial charge is 0.367 e. The standard InChI is InChI=1S/C6H2F6/c7-3-1-2-5(9,10)6(11,12)4(3)8/h1-2H. The normalized spacial score (nSPS) is 26.2. The second-order valence-electron chi connectivity index (χ2n) is 2.19. The first-order chi connectivity index (χ1) is 5.29. The van der Waals surface area contributed by atoms with Crippen LogP contribution in [0.4, 0.5) is 26.3 Å². The fourth-order valence-corrected chi connectivity index (χ4v) is 0.652. The smallest absolute Gasteiger partial charge is 0.204 e. The minimum Gasteiger partial charge on any atom is -0.204 e. The topological polar surface area (TPSA) is 0 Å². The summed E-state index contributed by atoms with van der Waals surface area (Å²) in [5, 5.41) is 0. The Kier molecular flexibility index (Phi) is 1.73. The van der Waals surface area contributed by atoms with Crippen LogP contribution in [0.1, 0.15) is 0 Å². The summed E-state index contributed by atoms with van der Waals surface area (Å²) in [6.45, 7) is 0. The summed E-state index contributed by atoms with van der Waals surface area (Å²) in [6.07, 6.45) is -0.391. The zero-order valence-corrected chi connectivity index (χ0v) is 5.42. The lowest BCUT2D eigenvalue weighted by Gasteiger charge is -2.24. The monoisotopic (exact) mass is 188 g/mol. The Morgan fingerprint density at radius 1 is 1.00 bits per heavy atom. The van der Waals surface area contributed by atoms with Gasteiger partial charge in [-0.25, -0.2) is 8.78 Å². The molecule has 0 aromatic heterocycles. The number of hydrogen-bond donors (Lipinski definition) is 0. The highest BCUT2D eigenvalue weighted by Gasteiger charge is 2.60. The maximum Gasteiger partial charge on any atom is 0.367 e. The molecule has 0 saturated heterocycles. The van der Waals surface area contributed by atoms with Gasteiger partial charge in [0.1, 0.15) is 0 Å². The van der Waals surface area contributed by atoms with Crippen LogP contribution >= 0.6 is 0 Å². The van der Waals surface area contributed by atoms with Gasteiger partial charge >= 0.3 is 11.8 Å². The van der Waals surface area contributed by atoms with Crippen molar-refractivity contribution in [2.24, 2.45) is 0 Å². The van der Waals surface area contributed by atoms with Crippen LogP contribution in [0.15, 0.2) is 23.8 Å². The van der Waals surface area contributed by atoms with Gasteiger partial charge in [0.2, 0.25) is 5.83 Å². The Hall–Kier alpha value is -0.940. The zero-order chi connectivity index (χ0) is 9.57. The van der Waals surface area contributed by atoms with Crippen molar-refractivity contribution in [2.75, 3.05) is 0 Å². The fourth-order valence-electron chi connectivity index (χ4n) is 0.652. The van der Waals surface area contributed by atoms with Crippen molar-refractivity contribution in [3.8, 4) is 0 Å². The number of halogens is 6. The molecule has 12 heavy (non-hydrogen) atoms. The van der Waals surface area contributed by atoms with Crippen molar-refractivity contribution in [1.82, 2.24) is 0 Å². The Morgan fingerprint density at radius 3 is 1.92 bits per heavy atom. The molecule has 68 valence electrons. The van der Waals surface area contributed by atoms with E-state index in [-0.39, 0.29) is 12.2 Å². The second-order valence-corrected chi connectivity index (χ2v) is 2.19. The van der Waals surface area contributed by atoms with E-state index in [9.17, 15) is 26.3 Å².